The maximum atomic E-state index is 13.4. The van der Waals surface area contributed by atoms with E-state index in [1.165, 1.54) is 23.5 Å². The Morgan fingerprint density at radius 2 is 2.03 bits per heavy atom. The maximum absolute atomic E-state index is 13.4. The van der Waals surface area contributed by atoms with Crippen molar-refractivity contribution in [2.75, 3.05) is 0 Å². The molecule has 0 spiro atoms. The molecule has 2 heterocycles. The highest BCUT2D eigenvalue weighted by Gasteiger charge is 2.10. The number of benzene rings is 2. The first-order valence-electron chi connectivity index (χ1n) is 8.83. The number of amides is 1. The van der Waals surface area contributed by atoms with Gasteiger partial charge in [0.05, 0.1) is 24.0 Å². The molecular formula is C21H16ClFN4OS. The lowest BCUT2D eigenvalue weighted by Gasteiger charge is -2.02. The van der Waals surface area contributed by atoms with E-state index in [0.29, 0.717) is 27.8 Å². The average Bonchev–Trinajstić information content (AvgIpc) is 3.37. The molecule has 0 aliphatic carbocycles. The van der Waals surface area contributed by atoms with E-state index >= 15 is 0 Å². The number of hydrogen-bond acceptors (Lipinski definition) is 4. The number of halogens is 2. The zero-order valence-electron chi connectivity index (χ0n) is 15.2. The van der Waals surface area contributed by atoms with Crippen LogP contribution in [0.4, 0.5) is 4.39 Å². The normalized spacial score (nSPS) is 10.8. The predicted octanol–water partition coefficient (Wildman–Crippen LogP) is 4.65. The van der Waals surface area contributed by atoms with Crippen molar-refractivity contribution < 1.29 is 9.18 Å². The summed E-state index contributed by atoms with van der Waals surface area (Å²) in [5.41, 5.74) is 3.13. The van der Waals surface area contributed by atoms with Crippen molar-refractivity contribution in [3.8, 4) is 16.3 Å². The van der Waals surface area contributed by atoms with Crippen LogP contribution in [0.2, 0.25) is 5.02 Å². The predicted molar refractivity (Wildman–Crippen MR) is 112 cm³/mol. The van der Waals surface area contributed by atoms with Crippen molar-refractivity contribution in [2.24, 2.45) is 0 Å². The second-order valence-corrected chi connectivity index (χ2v) is 7.67. The maximum Gasteiger partial charge on any atom is 0.226 e. The Balaban J connectivity index is 1.33. The van der Waals surface area contributed by atoms with E-state index in [0.717, 1.165) is 11.3 Å². The summed E-state index contributed by atoms with van der Waals surface area (Å²) < 4.78 is 15.1. The van der Waals surface area contributed by atoms with Gasteiger partial charge < -0.3 is 5.32 Å². The Morgan fingerprint density at radius 1 is 1.21 bits per heavy atom. The number of rotatable bonds is 6. The molecule has 146 valence electrons. The van der Waals surface area contributed by atoms with E-state index in [-0.39, 0.29) is 18.1 Å². The molecule has 0 saturated heterocycles. The molecule has 0 atom stereocenters. The summed E-state index contributed by atoms with van der Waals surface area (Å²) in [4.78, 5) is 16.7. The lowest BCUT2D eigenvalue weighted by Crippen LogP contribution is -2.24. The summed E-state index contributed by atoms with van der Waals surface area (Å²) in [7, 11) is 0. The fourth-order valence-electron chi connectivity index (χ4n) is 2.76. The van der Waals surface area contributed by atoms with Gasteiger partial charge in [-0.1, -0.05) is 23.7 Å². The molecule has 29 heavy (non-hydrogen) atoms. The largest absolute Gasteiger partial charge is 0.352 e. The molecule has 4 aromatic rings. The summed E-state index contributed by atoms with van der Waals surface area (Å²) in [5.74, 6) is -0.448. The summed E-state index contributed by atoms with van der Waals surface area (Å²) >= 11 is 7.29. The molecule has 4 rings (SSSR count). The Hall–Kier alpha value is -3.03. The average molecular weight is 427 g/mol. The van der Waals surface area contributed by atoms with Gasteiger partial charge in [0, 0.05) is 34.3 Å². The van der Waals surface area contributed by atoms with E-state index in [9.17, 15) is 9.18 Å². The molecule has 0 aliphatic heterocycles. The third kappa shape index (κ3) is 4.88. The fraction of sp³-hybridized carbons (Fsp3) is 0.0952. The molecule has 2 aromatic heterocycles. The second kappa shape index (κ2) is 8.55. The first-order chi connectivity index (χ1) is 14.1. The van der Waals surface area contributed by atoms with Crippen LogP contribution < -0.4 is 5.32 Å². The zero-order chi connectivity index (χ0) is 20.2. The second-order valence-electron chi connectivity index (χ2n) is 6.38. The Bertz CT molecular complexity index is 1140. The van der Waals surface area contributed by atoms with E-state index < -0.39 is 0 Å². The van der Waals surface area contributed by atoms with E-state index in [1.54, 1.807) is 35.1 Å². The standard InChI is InChI=1S/C21H16ClFN4OS/c22-16-4-6-19(7-5-16)27-12-14(11-25-27)10-24-20(28)9-18-13-29-21(26-18)15-2-1-3-17(23)8-15/h1-8,11-13H,9-10H2,(H,24,28). The Kier molecular flexibility index (Phi) is 5.69. The van der Waals surface area contributed by atoms with Crippen LogP contribution in [-0.2, 0) is 17.8 Å². The van der Waals surface area contributed by atoms with Crippen molar-refractivity contribution in [1.82, 2.24) is 20.1 Å². The number of carbonyl (C=O) groups is 1. The third-order valence-electron chi connectivity index (χ3n) is 4.18. The van der Waals surface area contributed by atoms with E-state index in [4.69, 9.17) is 11.6 Å². The highest BCUT2D eigenvalue weighted by molar-refractivity contribution is 7.13. The zero-order valence-corrected chi connectivity index (χ0v) is 16.8. The molecule has 5 nitrogen and oxygen atoms in total. The fourth-order valence-corrected chi connectivity index (χ4v) is 3.70. The van der Waals surface area contributed by atoms with Gasteiger partial charge in [0.15, 0.2) is 0 Å². The molecule has 0 saturated carbocycles. The quantitative estimate of drug-likeness (QED) is 0.488. The van der Waals surface area contributed by atoms with Gasteiger partial charge >= 0.3 is 0 Å². The van der Waals surface area contributed by atoms with Gasteiger partial charge in [0.2, 0.25) is 5.91 Å². The van der Waals surface area contributed by atoms with Gasteiger partial charge in [0.25, 0.3) is 0 Å². The highest BCUT2D eigenvalue weighted by atomic mass is 35.5. The van der Waals surface area contributed by atoms with Crippen LogP contribution in [0.3, 0.4) is 0 Å². The Labute approximate surface area is 175 Å². The summed E-state index contributed by atoms with van der Waals surface area (Å²) in [6.45, 7) is 0.368. The van der Waals surface area contributed by atoms with Crippen molar-refractivity contribution >= 4 is 28.8 Å². The number of carbonyl (C=O) groups excluding carboxylic acids is 1. The molecule has 2 aromatic carbocycles. The number of nitrogens with one attached hydrogen (secondary N) is 1. The van der Waals surface area contributed by atoms with E-state index in [2.05, 4.69) is 15.4 Å². The SMILES string of the molecule is O=C(Cc1csc(-c2cccc(F)c2)n1)NCc1cnn(-c2ccc(Cl)cc2)c1. The van der Waals surface area contributed by atoms with Crippen LogP contribution >= 0.6 is 22.9 Å². The summed E-state index contributed by atoms with van der Waals surface area (Å²) in [6.07, 6.45) is 3.73. The molecule has 0 fully saturated rings. The Morgan fingerprint density at radius 3 is 2.83 bits per heavy atom. The molecular weight excluding hydrogens is 411 g/mol. The van der Waals surface area contributed by atoms with Crippen molar-refractivity contribution in [2.45, 2.75) is 13.0 Å². The highest BCUT2D eigenvalue weighted by Crippen LogP contribution is 2.24. The smallest absolute Gasteiger partial charge is 0.226 e. The first-order valence-corrected chi connectivity index (χ1v) is 10.1. The molecule has 0 bridgehead atoms. The summed E-state index contributed by atoms with van der Waals surface area (Å²) in [5, 5.41) is 10.3. The van der Waals surface area contributed by atoms with Crippen molar-refractivity contribution in [3.05, 3.63) is 88.4 Å². The van der Waals surface area contributed by atoms with Gasteiger partial charge in [-0.2, -0.15) is 5.10 Å². The summed E-state index contributed by atoms with van der Waals surface area (Å²) in [6, 6.07) is 13.6. The van der Waals surface area contributed by atoms with Gasteiger partial charge in [-0.05, 0) is 36.4 Å². The molecule has 0 unspecified atom stereocenters. The van der Waals surface area contributed by atoms with Gasteiger partial charge in [-0.3, -0.25) is 4.79 Å². The molecule has 0 aliphatic rings. The van der Waals surface area contributed by atoms with Gasteiger partial charge in [-0.25, -0.2) is 14.1 Å². The minimum Gasteiger partial charge on any atom is -0.352 e. The number of thiazole rings is 1. The van der Waals surface area contributed by atoms with Crippen LogP contribution in [0.5, 0.6) is 0 Å². The topological polar surface area (TPSA) is 59.8 Å². The van der Waals surface area contributed by atoms with Crippen LogP contribution in [0, 0.1) is 5.82 Å². The molecule has 0 radical (unpaired) electrons. The van der Waals surface area contributed by atoms with Crippen molar-refractivity contribution in [1.29, 1.82) is 0 Å². The molecule has 1 amide bonds. The van der Waals surface area contributed by atoms with Gasteiger partial charge in [-0.15, -0.1) is 11.3 Å². The third-order valence-corrected chi connectivity index (χ3v) is 5.37. The van der Waals surface area contributed by atoms with E-state index in [1.807, 2.05) is 23.7 Å². The minimum absolute atomic E-state index is 0.139. The van der Waals surface area contributed by atoms with Crippen LogP contribution in [0.15, 0.2) is 66.3 Å². The molecule has 8 heteroatoms. The lowest BCUT2D eigenvalue weighted by molar-refractivity contribution is -0.120. The van der Waals surface area contributed by atoms with Crippen LogP contribution in [-0.4, -0.2) is 20.7 Å². The molecule has 1 N–H and O–H groups in total. The number of hydrogen-bond donors (Lipinski definition) is 1. The van der Waals surface area contributed by atoms with Crippen LogP contribution in [0.25, 0.3) is 16.3 Å². The minimum atomic E-state index is -0.309. The monoisotopic (exact) mass is 426 g/mol. The van der Waals surface area contributed by atoms with Crippen LogP contribution in [0.1, 0.15) is 11.3 Å². The number of aromatic nitrogens is 3. The first kappa shape index (κ1) is 19.3. The van der Waals surface area contributed by atoms with Crippen molar-refractivity contribution in [3.63, 3.8) is 0 Å². The lowest BCUT2D eigenvalue weighted by atomic mass is 10.2. The van der Waals surface area contributed by atoms with Gasteiger partial charge in [0.1, 0.15) is 10.8 Å². The number of nitrogens with zero attached hydrogens (tertiary/aromatic N) is 3.